The van der Waals surface area contributed by atoms with Gasteiger partial charge in [-0.05, 0) is 36.1 Å². The summed E-state index contributed by atoms with van der Waals surface area (Å²) in [5.41, 5.74) is 2.12. The lowest BCUT2D eigenvalue weighted by Gasteiger charge is -2.61. The molecule has 28 heavy (non-hydrogen) atoms. The summed E-state index contributed by atoms with van der Waals surface area (Å²) < 4.78 is 10.6. The highest BCUT2D eigenvalue weighted by Gasteiger charge is 2.56. The number of carbonyl (C=O) groups excluding carboxylic acids is 1. The van der Waals surface area contributed by atoms with Crippen LogP contribution in [0.25, 0.3) is 0 Å². The number of ether oxygens (including phenoxy) is 2. The van der Waals surface area contributed by atoms with Gasteiger partial charge in [0.05, 0.1) is 19.8 Å². The van der Waals surface area contributed by atoms with E-state index in [0.29, 0.717) is 24.0 Å². The van der Waals surface area contributed by atoms with Gasteiger partial charge in [0, 0.05) is 19.0 Å². The normalized spacial score (nSPS) is 23.4. The standard InChI is InChI=1S/C23H28N2O3/c1-27-20-12-11-17(14-21(20)28-2)15-24-22(26)25-16-19-10-6-7-13-23(19,25)18-8-4-3-5-9-18/h3-5,8-9,11-12,14,19H,6-7,10,13,15-16H2,1-2H3,(H,24,26)/t19-,23-/m1/s1. The van der Waals surface area contributed by atoms with E-state index in [0.717, 1.165) is 18.5 Å². The highest BCUT2D eigenvalue weighted by molar-refractivity contribution is 5.77. The third-order valence-electron chi connectivity index (χ3n) is 6.33. The van der Waals surface area contributed by atoms with Crippen molar-refractivity contribution in [3.63, 3.8) is 0 Å². The van der Waals surface area contributed by atoms with Gasteiger partial charge in [-0.2, -0.15) is 0 Å². The van der Waals surface area contributed by atoms with E-state index in [1.807, 2.05) is 29.2 Å². The van der Waals surface area contributed by atoms with Crippen LogP contribution in [0.15, 0.2) is 48.5 Å². The largest absolute Gasteiger partial charge is 0.493 e. The molecule has 0 bridgehead atoms. The zero-order chi connectivity index (χ0) is 19.6. The van der Waals surface area contributed by atoms with E-state index in [9.17, 15) is 4.79 Å². The SMILES string of the molecule is COc1ccc(CNC(=O)N2C[C@H]3CCCC[C@@]32c2ccccc2)cc1OC. The Bertz CT molecular complexity index is 839. The van der Waals surface area contributed by atoms with Gasteiger partial charge >= 0.3 is 6.03 Å². The summed E-state index contributed by atoms with van der Waals surface area (Å²) in [6, 6.07) is 16.3. The van der Waals surface area contributed by atoms with Crippen molar-refractivity contribution in [3.8, 4) is 11.5 Å². The van der Waals surface area contributed by atoms with Crippen LogP contribution in [0.5, 0.6) is 11.5 Å². The molecule has 0 spiro atoms. The zero-order valence-corrected chi connectivity index (χ0v) is 16.6. The van der Waals surface area contributed by atoms with E-state index in [-0.39, 0.29) is 11.6 Å². The number of amides is 2. The molecule has 2 amide bonds. The highest BCUT2D eigenvalue weighted by atomic mass is 16.5. The van der Waals surface area contributed by atoms with Gasteiger partial charge in [0.25, 0.3) is 0 Å². The first kappa shape index (κ1) is 18.7. The second-order valence-corrected chi connectivity index (χ2v) is 7.69. The summed E-state index contributed by atoms with van der Waals surface area (Å²) >= 11 is 0. The third-order valence-corrected chi connectivity index (χ3v) is 6.33. The maximum Gasteiger partial charge on any atom is 0.318 e. The molecule has 1 saturated heterocycles. The molecule has 2 aromatic carbocycles. The molecular formula is C23H28N2O3. The van der Waals surface area contributed by atoms with Gasteiger partial charge in [0.15, 0.2) is 11.5 Å². The van der Waals surface area contributed by atoms with Gasteiger partial charge in [-0.25, -0.2) is 4.79 Å². The second-order valence-electron chi connectivity index (χ2n) is 7.69. The Morgan fingerprint density at radius 3 is 2.61 bits per heavy atom. The zero-order valence-electron chi connectivity index (χ0n) is 16.6. The Kier molecular flexibility index (Phi) is 5.16. The van der Waals surface area contributed by atoms with Crippen molar-refractivity contribution in [1.82, 2.24) is 10.2 Å². The Morgan fingerprint density at radius 1 is 1.11 bits per heavy atom. The Morgan fingerprint density at radius 2 is 1.89 bits per heavy atom. The number of methoxy groups -OCH3 is 2. The fourth-order valence-electron chi connectivity index (χ4n) is 4.89. The molecule has 1 heterocycles. The molecule has 2 fully saturated rings. The van der Waals surface area contributed by atoms with E-state index in [2.05, 4.69) is 29.6 Å². The van der Waals surface area contributed by atoms with Crippen molar-refractivity contribution in [3.05, 3.63) is 59.7 Å². The minimum Gasteiger partial charge on any atom is -0.493 e. The number of rotatable bonds is 5. The number of benzene rings is 2. The lowest BCUT2D eigenvalue weighted by atomic mass is 9.62. The van der Waals surface area contributed by atoms with Crippen LogP contribution >= 0.6 is 0 Å². The minimum atomic E-state index is -0.138. The Hall–Kier alpha value is -2.69. The van der Waals surface area contributed by atoms with Crippen LogP contribution < -0.4 is 14.8 Å². The smallest absolute Gasteiger partial charge is 0.318 e. The van der Waals surface area contributed by atoms with Crippen LogP contribution in [0.1, 0.15) is 36.8 Å². The van der Waals surface area contributed by atoms with E-state index in [4.69, 9.17) is 9.47 Å². The summed E-state index contributed by atoms with van der Waals surface area (Å²) in [6.45, 7) is 1.30. The molecule has 1 aliphatic carbocycles. The second kappa shape index (κ2) is 7.74. The fraction of sp³-hybridized carbons (Fsp3) is 0.435. The van der Waals surface area contributed by atoms with Gasteiger partial charge in [-0.3, -0.25) is 0 Å². The molecule has 2 aliphatic rings. The summed E-state index contributed by atoms with van der Waals surface area (Å²) in [7, 11) is 3.24. The number of fused-ring (bicyclic) bond motifs is 1. The number of carbonyl (C=O) groups is 1. The predicted octanol–water partition coefficient (Wildman–Crippen LogP) is 4.31. The molecule has 5 heteroatoms. The van der Waals surface area contributed by atoms with Crippen LogP contribution in [0.4, 0.5) is 4.79 Å². The first-order chi connectivity index (χ1) is 13.7. The van der Waals surface area contributed by atoms with Gasteiger partial charge in [0.2, 0.25) is 0 Å². The Balaban J connectivity index is 1.49. The molecular weight excluding hydrogens is 352 g/mol. The number of nitrogens with one attached hydrogen (secondary N) is 1. The summed E-state index contributed by atoms with van der Waals surface area (Å²) in [6.07, 6.45) is 4.69. The Labute approximate surface area is 166 Å². The average Bonchev–Trinajstić information content (AvgIpc) is 2.73. The monoisotopic (exact) mass is 380 g/mol. The summed E-state index contributed by atoms with van der Waals surface area (Å²) in [5.74, 6) is 1.93. The van der Waals surface area contributed by atoms with Crippen molar-refractivity contribution in [2.75, 3.05) is 20.8 Å². The summed E-state index contributed by atoms with van der Waals surface area (Å²) in [5, 5.41) is 3.11. The average molecular weight is 380 g/mol. The van der Waals surface area contributed by atoms with Gasteiger partial charge < -0.3 is 19.7 Å². The van der Waals surface area contributed by atoms with Crippen LogP contribution in [-0.2, 0) is 12.1 Å². The van der Waals surface area contributed by atoms with Crippen molar-refractivity contribution >= 4 is 6.03 Å². The highest BCUT2D eigenvalue weighted by Crippen LogP contribution is 2.53. The molecule has 148 valence electrons. The predicted molar refractivity (Wildman–Crippen MR) is 109 cm³/mol. The van der Waals surface area contributed by atoms with Crippen LogP contribution in [0.2, 0.25) is 0 Å². The maximum absolute atomic E-state index is 13.1. The third kappa shape index (κ3) is 3.09. The molecule has 0 radical (unpaired) electrons. The number of hydrogen-bond donors (Lipinski definition) is 1. The quantitative estimate of drug-likeness (QED) is 0.841. The lowest BCUT2D eigenvalue weighted by molar-refractivity contribution is -0.0794. The number of likely N-dealkylation sites (tertiary alicyclic amines) is 1. The van der Waals surface area contributed by atoms with Gasteiger partial charge in [-0.1, -0.05) is 49.2 Å². The van der Waals surface area contributed by atoms with Crippen molar-refractivity contribution in [2.45, 2.75) is 37.8 Å². The van der Waals surface area contributed by atoms with E-state index >= 15 is 0 Å². The van der Waals surface area contributed by atoms with Gasteiger partial charge in [-0.15, -0.1) is 0 Å². The molecule has 1 aliphatic heterocycles. The molecule has 4 rings (SSSR count). The molecule has 0 aromatic heterocycles. The maximum atomic E-state index is 13.1. The number of urea groups is 1. The lowest BCUT2D eigenvalue weighted by Crippen LogP contribution is -2.69. The fourth-order valence-corrected chi connectivity index (χ4v) is 4.89. The molecule has 0 unspecified atom stereocenters. The topological polar surface area (TPSA) is 50.8 Å². The van der Waals surface area contributed by atoms with Crippen LogP contribution in [-0.4, -0.2) is 31.7 Å². The van der Waals surface area contributed by atoms with Crippen molar-refractivity contribution in [2.24, 2.45) is 5.92 Å². The van der Waals surface area contributed by atoms with E-state index in [1.165, 1.54) is 24.8 Å². The molecule has 2 aromatic rings. The first-order valence-corrected chi connectivity index (χ1v) is 10.0. The molecule has 5 nitrogen and oxygen atoms in total. The van der Waals surface area contributed by atoms with Crippen LogP contribution in [0, 0.1) is 5.92 Å². The van der Waals surface area contributed by atoms with E-state index < -0.39 is 0 Å². The first-order valence-electron chi connectivity index (χ1n) is 10.0. The number of hydrogen-bond acceptors (Lipinski definition) is 3. The molecule has 2 atom stereocenters. The molecule has 1 N–H and O–H groups in total. The van der Waals surface area contributed by atoms with Gasteiger partial charge in [0.1, 0.15) is 0 Å². The minimum absolute atomic E-state index is 0.0109. The van der Waals surface area contributed by atoms with E-state index in [1.54, 1.807) is 14.2 Å². The summed E-state index contributed by atoms with van der Waals surface area (Å²) in [4.78, 5) is 15.1. The van der Waals surface area contributed by atoms with Crippen molar-refractivity contribution in [1.29, 1.82) is 0 Å². The van der Waals surface area contributed by atoms with Crippen LogP contribution in [0.3, 0.4) is 0 Å². The van der Waals surface area contributed by atoms with Crippen molar-refractivity contribution < 1.29 is 14.3 Å². The number of nitrogens with zero attached hydrogens (tertiary/aromatic N) is 1. The molecule has 1 saturated carbocycles.